The second kappa shape index (κ2) is 7.36. The van der Waals surface area contributed by atoms with Crippen LogP contribution < -0.4 is 15.2 Å². The Labute approximate surface area is 114 Å². The average molecular weight is 265 g/mol. The second-order valence-electron chi connectivity index (χ2n) is 4.76. The molecule has 1 unspecified atom stereocenters. The van der Waals surface area contributed by atoms with E-state index in [-0.39, 0.29) is 6.04 Å². The van der Waals surface area contributed by atoms with Crippen molar-refractivity contribution in [3.05, 3.63) is 23.8 Å². The first-order chi connectivity index (χ1) is 9.31. The molecule has 0 radical (unpaired) electrons. The molecule has 1 aromatic carbocycles. The molecule has 1 aromatic rings. The zero-order valence-electron chi connectivity index (χ0n) is 11.6. The molecule has 2 rings (SSSR count). The molecule has 0 spiro atoms. The maximum Gasteiger partial charge on any atom is 0.161 e. The van der Waals surface area contributed by atoms with Crippen LogP contribution in [-0.2, 0) is 4.74 Å². The second-order valence-corrected chi connectivity index (χ2v) is 4.76. The number of nitrogens with two attached hydrogens (primary N) is 1. The Morgan fingerprint density at radius 2 is 2.00 bits per heavy atom. The molecule has 2 N–H and O–H groups in total. The zero-order chi connectivity index (χ0) is 13.5. The molecule has 0 aliphatic carbocycles. The Hall–Kier alpha value is -1.26. The predicted molar refractivity (Wildman–Crippen MR) is 74.7 cm³/mol. The molecule has 0 amide bonds. The number of rotatable bonds is 6. The molecular weight excluding hydrogens is 242 g/mol. The minimum absolute atomic E-state index is 0.0194. The minimum atomic E-state index is -0.0194. The highest BCUT2D eigenvalue weighted by atomic mass is 16.5. The fourth-order valence-corrected chi connectivity index (χ4v) is 2.03. The van der Waals surface area contributed by atoms with Gasteiger partial charge >= 0.3 is 0 Å². The van der Waals surface area contributed by atoms with E-state index in [1.165, 1.54) is 0 Å². The Morgan fingerprint density at radius 1 is 1.21 bits per heavy atom. The van der Waals surface area contributed by atoms with Gasteiger partial charge in [-0.15, -0.1) is 0 Å². The minimum Gasteiger partial charge on any atom is -0.490 e. The van der Waals surface area contributed by atoms with E-state index in [1.807, 2.05) is 18.2 Å². The highest BCUT2D eigenvalue weighted by Gasteiger charge is 2.13. The van der Waals surface area contributed by atoms with E-state index in [9.17, 15) is 0 Å². The first-order valence-corrected chi connectivity index (χ1v) is 7.04. The maximum absolute atomic E-state index is 6.17. The van der Waals surface area contributed by atoms with Gasteiger partial charge in [-0.25, -0.2) is 0 Å². The molecule has 0 saturated carbocycles. The van der Waals surface area contributed by atoms with E-state index in [0.29, 0.717) is 19.8 Å². The lowest BCUT2D eigenvalue weighted by molar-refractivity contribution is 0.128. The molecule has 106 valence electrons. The van der Waals surface area contributed by atoms with Gasteiger partial charge < -0.3 is 19.9 Å². The van der Waals surface area contributed by atoms with Crippen molar-refractivity contribution in [1.29, 1.82) is 0 Å². The van der Waals surface area contributed by atoms with E-state index in [0.717, 1.165) is 42.9 Å². The van der Waals surface area contributed by atoms with Crippen molar-refractivity contribution in [3.63, 3.8) is 0 Å². The summed E-state index contributed by atoms with van der Waals surface area (Å²) in [6, 6.07) is 5.93. The van der Waals surface area contributed by atoms with Crippen LogP contribution in [0.3, 0.4) is 0 Å². The molecule has 1 aliphatic rings. The van der Waals surface area contributed by atoms with Gasteiger partial charge in [0.2, 0.25) is 0 Å². The number of benzene rings is 1. The molecule has 0 bridgehead atoms. The summed E-state index contributed by atoms with van der Waals surface area (Å²) >= 11 is 0. The SMILES string of the molecule is CCCOCCC(N)c1ccc2c(c1)OCCCO2. The first-order valence-electron chi connectivity index (χ1n) is 7.04. The van der Waals surface area contributed by atoms with Gasteiger partial charge in [0.05, 0.1) is 13.2 Å². The van der Waals surface area contributed by atoms with Crippen LogP contribution in [0.4, 0.5) is 0 Å². The van der Waals surface area contributed by atoms with E-state index in [4.69, 9.17) is 19.9 Å². The quantitative estimate of drug-likeness (QED) is 0.803. The van der Waals surface area contributed by atoms with Crippen LogP contribution in [0.2, 0.25) is 0 Å². The third-order valence-electron chi connectivity index (χ3n) is 3.12. The lowest BCUT2D eigenvalue weighted by Crippen LogP contribution is -2.13. The van der Waals surface area contributed by atoms with Gasteiger partial charge in [-0.3, -0.25) is 0 Å². The molecule has 1 aliphatic heterocycles. The van der Waals surface area contributed by atoms with Gasteiger partial charge in [-0.2, -0.15) is 0 Å². The summed E-state index contributed by atoms with van der Waals surface area (Å²) in [5, 5.41) is 0. The van der Waals surface area contributed by atoms with Gasteiger partial charge in [0.25, 0.3) is 0 Å². The third kappa shape index (κ3) is 4.11. The average Bonchev–Trinajstić information content (AvgIpc) is 2.67. The van der Waals surface area contributed by atoms with E-state index < -0.39 is 0 Å². The van der Waals surface area contributed by atoms with Gasteiger partial charge in [0.15, 0.2) is 11.5 Å². The normalized spacial score (nSPS) is 15.9. The molecular formula is C15H23NO3. The van der Waals surface area contributed by atoms with E-state index in [2.05, 4.69) is 6.92 Å². The molecule has 19 heavy (non-hydrogen) atoms. The van der Waals surface area contributed by atoms with Crippen molar-refractivity contribution >= 4 is 0 Å². The Morgan fingerprint density at radius 3 is 2.79 bits per heavy atom. The summed E-state index contributed by atoms with van der Waals surface area (Å²) < 4.78 is 16.7. The standard InChI is InChI=1S/C15H23NO3/c1-2-7-17-10-6-13(16)12-4-5-14-15(11-12)19-9-3-8-18-14/h4-5,11,13H,2-3,6-10,16H2,1H3. The molecule has 0 aromatic heterocycles. The molecule has 4 nitrogen and oxygen atoms in total. The highest BCUT2D eigenvalue weighted by Crippen LogP contribution is 2.32. The number of fused-ring (bicyclic) bond motifs is 1. The van der Waals surface area contributed by atoms with Crippen molar-refractivity contribution in [2.75, 3.05) is 26.4 Å². The van der Waals surface area contributed by atoms with E-state index in [1.54, 1.807) is 0 Å². The van der Waals surface area contributed by atoms with Crippen molar-refractivity contribution in [2.24, 2.45) is 5.73 Å². The van der Waals surface area contributed by atoms with Crippen LogP contribution in [0, 0.1) is 0 Å². The van der Waals surface area contributed by atoms with Crippen molar-refractivity contribution < 1.29 is 14.2 Å². The molecule has 1 heterocycles. The van der Waals surface area contributed by atoms with Gasteiger partial charge in [-0.1, -0.05) is 13.0 Å². The van der Waals surface area contributed by atoms with Crippen molar-refractivity contribution in [3.8, 4) is 11.5 Å². The fraction of sp³-hybridized carbons (Fsp3) is 0.600. The van der Waals surface area contributed by atoms with Gasteiger partial charge in [0, 0.05) is 25.7 Å². The van der Waals surface area contributed by atoms with Crippen LogP contribution in [0.25, 0.3) is 0 Å². The lowest BCUT2D eigenvalue weighted by Gasteiger charge is -2.15. The summed E-state index contributed by atoms with van der Waals surface area (Å²) in [5.41, 5.74) is 7.25. The summed E-state index contributed by atoms with van der Waals surface area (Å²) in [6.45, 7) is 5.01. The smallest absolute Gasteiger partial charge is 0.161 e. The van der Waals surface area contributed by atoms with Gasteiger partial charge in [0.1, 0.15) is 0 Å². The summed E-state index contributed by atoms with van der Waals surface area (Å²) in [7, 11) is 0. The molecule has 1 atom stereocenters. The highest BCUT2D eigenvalue weighted by molar-refractivity contribution is 5.44. The van der Waals surface area contributed by atoms with Gasteiger partial charge in [-0.05, 0) is 30.5 Å². The van der Waals surface area contributed by atoms with Crippen LogP contribution in [0.15, 0.2) is 18.2 Å². The fourth-order valence-electron chi connectivity index (χ4n) is 2.03. The largest absolute Gasteiger partial charge is 0.490 e. The number of ether oxygens (including phenoxy) is 3. The molecule has 0 saturated heterocycles. The van der Waals surface area contributed by atoms with Crippen LogP contribution in [-0.4, -0.2) is 26.4 Å². The monoisotopic (exact) mass is 265 g/mol. The predicted octanol–water partition coefficient (Wildman–Crippen LogP) is 2.66. The van der Waals surface area contributed by atoms with Crippen molar-refractivity contribution in [1.82, 2.24) is 0 Å². The lowest BCUT2D eigenvalue weighted by atomic mass is 10.0. The topological polar surface area (TPSA) is 53.7 Å². The number of hydrogen-bond donors (Lipinski definition) is 1. The van der Waals surface area contributed by atoms with Crippen LogP contribution in [0.1, 0.15) is 37.8 Å². The number of hydrogen-bond acceptors (Lipinski definition) is 4. The van der Waals surface area contributed by atoms with Crippen LogP contribution >= 0.6 is 0 Å². The zero-order valence-corrected chi connectivity index (χ0v) is 11.6. The molecule has 4 heteroatoms. The summed E-state index contributed by atoms with van der Waals surface area (Å²) in [6.07, 6.45) is 2.78. The third-order valence-corrected chi connectivity index (χ3v) is 3.12. The maximum atomic E-state index is 6.17. The Kier molecular flexibility index (Phi) is 5.48. The summed E-state index contributed by atoms with van der Waals surface area (Å²) in [5.74, 6) is 1.62. The van der Waals surface area contributed by atoms with E-state index >= 15 is 0 Å². The van der Waals surface area contributed by atoms with Crippen LogP contribution in [0.5, 0.6) is 11.5 Å². The molecule has 0 fully saturated rings. The Bertz CT molecular complexity index is 395. The Balaban J connectivity index is 1.94. The van der Waals surface area contributed by atoms with Crippen molar-refractivity contribution in [2.45, 2.75) is 32.2 Å². The first kappa shape index (κ1) is 14.2. The summed E-state index contributed by atoms with van der Waals surface area (Å²) in [4.78, 5) is 0.